The lowest BCUT2D eigenvalue weighted by molar-refractivity contribution is -0.116. The fourth-order valence-corrected chi connectivity index (χ4v) is 3.49. The van der Waals surface area contributed by atoms with Gasteiger partial charge < -0.3 is 10.1 Å². The largest absolute Gasteiger partial charge is 0.487 e. The molecule has 6 nitrogen and oxygen atoms in total. The standard InChI is InChI=1S/C22H24N4O2/c1-22(2,3)26-21-19(13-24-26)18(12-20(27)25-21)15-7-6-9-17(11-15)28-14-16-8-4-5-10-23-16/h4-11,13,18H,12,14H2,1-3H3,(H,25,27)/t18-/m1/s1. The highest BCUT2D eigenvalue weighted by atomic mass is 16.5. The van der Waals surface area contributed by atoms with E-state index in [2.05, 4.69) is 36.2 Å². The Morgan fingerprint density at radius 1 is 1.21 bits per heavy atom. The number of nitrogens with zero attached hydrogens (tertiary/aromatic N) is 3. The van der Waals surface area contributed by atoms with E-state index in [0.717, 1.165) is 28.4 Å². The van der Waals surface area contributed by atoms with E-state index in [-0.39, 0.29) is 17.4 Å². The Balaban J connectivity index is 1.61. The van der Waals surface area contributed by atoms with Crippen LogP contribution in [0.25, 0.3) is 0 Å². The van der Waals surface area contributed by atoms with E-state index < -0.39 is 0 Å². The minimum atomic E-state index is -0.212. The zero-order chi connectivity index (χ0) is 19.7. The van der Waals surface area contributed by atoms with Crippen LogP contribution in [0, 0.1) is 0 Å². The molecule has 1 aliphatic rings. The molecule has 144 valence electrons. The summed E-state index contributed by atoms with van der Waals surface area (Å²) in [6, 6.07) is 13.7. The number of benzene rings is 1. The number of hydrogen-bond acceptors (Lipinski definition) is 4. The van der Waals surface area contributed by atoms with Crippen LogP contribution in [0.3, 0.4) is 0 Å². The third-order valence-electron chi connectivity index (χ3n) is 4.83. The van der Waals surface area contributed by atoms with Crippen LogP contribution in [0.1, 0.15) is 49.9 Å². The van der Waals surface area contributed by atoms with Crippen LogP contribution in [-0.4, -0.2) is 20.7 Å². The number of ether oxygens (including phenoxy) is 1. The van der Waals surface area contributed by atoms with Gasteiger partial charge in [0.1, 0.15) is 18.2 Å². The molecule has 0 saturated carbocycles. The molecular formula is C22H24N4O2. The van der Waals surface area contributed by atoms with Crippen LogP contribution in [-0.2, 0) is 16.9 Å². The highest BCUT2D eigenvalue weighted by Gasteiger charge is 2.32. The number of anilines is 1. The third-order valence-corrected chi connectivity index (χ3v) is 4.83. The van der Waals surface area contributed by atoms with Gasteiger partial charge in [0.05, 0.1) is 17.4 Å². The molecule has 0 aliphatic carbocycles. The molecule has 1 atom stereocenters. The summed E-state index contributed by atoms with van der Waals surface area (Å²) in [4.78, 5) is 16.7. The minimum Gasteiger partial charge on any atom is -0.487 e. The van der Waals surface area contributed by atoms with Gasteiger partial charge in [-0.15, -0.1) is 0 Å². The van der Waals surface area contributed by atoms with Crippen LogP contribution in [0.5, 0.6) is 5.75 Å². The van der Waals surface area contributed by atoms with Gasteiger partial charge in [0.2, 0.25) is 5.91 Å². The van der Waals surface area contributed by atoms with E-state index >= 15 is 0 Å². The number of hydrogen-bond donors (Lipinski definition) is 1. The minimum absolute atomic E-state index is 0.00306. The molecule has 1 aliphatic heterocycles. The number of pyridine rings is 1. The van der Waals surface area contributed by atoms with Gasteiger partial charge in [-0.1, -0.05) is 18.2 Å². The summed E-state index contributed by atoms with van der Waals surface area (Å²) >= 11 is 0. The molecule has 3 aromatic rings. The highest BCUT2D eigenvalue weighted by molar-refractivity contribution is 5.94. The van der Waals surface area contributed by atoms with Crippen molar-refractivity contribution < 1.29 is 9.53 Å². The Labute approximate surface area is 164 Å². The van der Waals surface area contributed by atoms with Gasteiger partial charge >= 0.3 is 0 Å². The lowest BCUT2D eigenvalue weighted by atomic mass is 9.87. The Kier molecular flexibility index (Phi) is 4.63. The van der Waals surface area contributed by atoms with Crippen molar-refractivity contribution in [3.05, 3.63) is 71.7 Å². The molecule has 1 N–H and O–H groups in total. The zero-order valence-electron chi connectivity index (χ0n) is 16.3. The summed E-state index contributed by atoms with van der Waals surface area (Å²) in [5.41, 5.74) is 2.74. The molecule has 6 heteroatoms. The number of amides is 1. The van der Waals surface area contributed by atoms with Gasteiger partial charge in [-0.3, -0.25) is 9.78 Å². The Morgan fingerprint density at radius 3 is 2.82 bits per heavy atom. The zero-order valence-corrected chi connectivity index (χ0v) is 16.3. The number of rotatable bonds is 4. The molecule has 2 aromatic heterocycles. The third kappa shape index (κ3) is 3.63. The second kappa shape index (κ2) is 7.11. The van der Waals surface area contributed by atoms with Gasteiger partial charge in [0, 0.05) is 24.1 Å². The van der Waals surface area contributed by atoms with Crippen molar-refractivity contribution in [2.24, 2.45) is 0 Å². The molecule has 0 unspecified atom stereocenters. The second-order valence-corrected chi connectivity index (χ2v) is 8.02. The molecule has 1 amide bonds. The van der Waals surface area contributed by atoms with Crippen molar-refractivity contribution in [3.8, 4) is 5.75 Å². The first-order chi connectivity index (χ1) is 13.4. The smallest absolute Gasteiger partial charge is 0.226 e. The average Bonchev–Trinajstić information content (AvgIpc) is 3.11. The number of aromatic nitrogens is 3. The van der Waals surface area contributed by atoms with Crippen molar-refractivity contribution in [1.29, 1.82) is 0 Å². The predicted octanol–water partition coefficient (Wildman–Crippen LogP) is 4.09. The number of carbonyl (C=O) groups is 1. The van der Waals surface area contributed by atoms with Gasteiger partial charge in [0.25, 0.3) is 0 Å². The lowest BCUT2D eigenvalue weighted by Crippen LogP contribution is -2.30. The van der Waals surface area contributed by atoms with Crippen molar-refractivity contribution in [1.82, 2.24) is 14.8 Å². The maximum Gasteiger partial charge on any atom is 0.226 e. The van der Waals surface area contributed by atoms with Crippen LogP contribution >= 0.6 is 0 Å². The van der Waals surface area contributed by atoms with E-state index in [1.807, 2.05) is 53.3 Å². The molecular weight excluding hydrogens is 352 g/mol. The predicted molar refractivity (Wildman–Crippen MR) is 107 cm³/mol. The fourth-order valence-electron chi connectivity index (χ4n) is 3.49. The summed E-state index contributed by atoms with van der Waals surface area (Å²) in [6.45, 7) is 6.62. The monoisotopic (exact) mass is 376 g/mol. The molecule has 0 saturated heterocycles. The molecule has 1 aromatic carbocycles. The van der Waals surface area contributed by atoms with Crippen molar-refractivity contribution in [3.63, 3.8) is 0 Å². The Morgan fingerprint density at radius 2 is 2.07 bits per heavy atom. The molecule has 0 fully saturated rings. The summed E-state index contributed by atoms with van der Waals surface area (Å²) < 4.78 is 7.80. The molecule has 0 radical (unpaired) electrons. The van der Waals surface area contributed by atoms with E-state index in [4.69, 9.17) is 4.74 Å². The number of nitrogens with one attached hydrogen (secondary N) is 1. The quantitative estimate of drug-likeness (QED) is 0.745. The van der Waals surface area contributed by atoms with Crippen LogP contribution in [0.15, 0.2) is 54.9 Å². The highest BCUT2D eigenvalue weighted by Crippen LogP contribution is 2.39. The van der Waals surface area contributed by atoms with E-state index in [0.29, 0.717) is 13.0 Å². The van der Waals surface area contributed by atoms with Crippen molar-refractivity contribution in [2.75, 3.05) is 5.32 Å². The molecule has 3 heterocycles. The average molecular weight is 376 g/mol. The van der Waals surface area contributed by atoms with Crippen molar-refractivity contribution in [2.45, 2.75) is 45.3 Å². The maximum atomic E-state index is 12.4. The Bertz CT molecular complexity index is 989. The van der Waals surface area contributed by atoms with Crippen LogP contribution in [0.2, 0.25) is 0 Å². The van der Waals surface area contributed by atoms with Gasteiger partial charge in [-0.25, -0.2) is 4.68 Å². The normalized spacial score (nSPS) is 16.4. The maximum absolute atomic E-state index is 12.4. The summed E-state index contributed by atoms with van der Waals surface area (Å²) in [5.74, 6) is 1.51. The van der Waals surface area contributed by atoms with E-state index in [9.17, 15) is 4.79 Å². The first-order valence-corrected chi connectivity index (χ1v) is 9.43. The summed E-state index contributed by atoms with van der Waals surface area (Å²) in [5, 5.41) is 7.54. The molecule has 4 rings (SSSR count). The Hall–Kier alpha value is -3.15. The SMILES string of the molecule is CC(C)(C)n1ncc2c1NC(=O)C[C@@H]2c1cccc(OCc2ccccn2)c1. The van der Waals surface area contributed by atoms with Gasteiger partial charge in [-0.2, -0.15) is 5.10 Å². The molecule has 0 spiro atoms. The fraction of sp³-hybridized carbons (Fsp3) is 0.318. The first-order valence-electron chi connectivity index (χ1n) is 9.43. The van der Waals surface area contributed by atoms with Crippen LogP contribution in [0.4, 0.5) is 5.82 Å². The number of fused-ring (bicyclic) bond motifs is 1. The van der Waals surface area contributed by atoms with Gasteiger partial charge in [0.15, 0.2) is 0 Å². The molecule has 28 heavy (non-hydrogen) atoms. The van der Waals surface area contributed by atoms with E-state index in [1.165, 1.54) is 0 Å². The first kappa shape index (κ1) is 18.2. The van der Waals surface area contributed by atoms with E-state index in [1.54, 1.807) is 6.20 Å². The lowest BCUT2D eigenvalue weighted by Gasteiger charge is -2.28. The summed E-state index contributed by atoms with van der Waals surface area (Å²) in [7, 11) is 0. The van der Waals surface area contributed by atoms with Crippen molar-refractivity contribution >= 4 is 11.7 Å². The topological polar surface area (TPSA) is 69.0 Å². The van der Waals surface area contributed by atoms with Gasteiger partial charge in [-0.05, 0) is 50.6 Å². The molecule has 0 bridgehead atoms. The number of carbonyl (C=O) groups excluding carboxylic acids is 1. The second-order valence-electron chi connectivity index (χ2n) is 8.02. The summed E-state index contributed by atoms with van der Waals surface area (Å²) in [6.07, 6.45) is 4.02. The van der Waals surface area contributed by atoms with Crippen LogP contribution < -0.4 is 10.1 Å².